The topological polar surface area (TPSA) is 69.2 Å². The highest BCUT2D eigenvalue weighted by Gasteiger charge is 2.07. The number of methoxy groups -OCH3 is 1. The van der Waals surface area contributed by atoms with Crippen LogP contribution in [0.3, 0.4) is 0 Å². The van der Waals surface area contributed by atoms with Crippen LogP contribution in [0.4, 0.5) is 5.82 Å². The molecule has 2 aromatic rings. The zero-order valence-corrected chi connectivity index (χ0v) is 12.6. The molecule has 0 atom stereocenters. The van der Waals surface area contributed by atoms with Gasteiger partial charge in [-0.2, -0.15) is 0 Å². The number of pyridine rings is 1. The summed E-state index contributed by atoms with van der Waals surface area (Å²) in [6.45, 7) is 3.10. The molecule has 0 fully saturated rings. The Morgan fingerprint density at radius 3 is 2.76 bits per heavy atom. The Balaban J connectivity index is 2.33. The van der Waals surface area contributed by atoms with E-state index >= 15 is 0 Å². The van der Waals surface area contributed by atoms with Crippen molar-refractivity contribution >= 4 is 5.82 Å². The van der Waals surface area contributed by atoms with Gasteiger partial charge in [0.05, 0.1) is 18.5 Å². The molecular formula is C15H20N4O2. The second-order valence-electron chi connectivity index (χ2n) is 4.50. The number of anilines is 1. The summed E-state index contributed by atoms with van der Waals surface area (Å²) < 4.78 is 10.7. The molecule has 0 saturated heterocycles. The zero-order valence-electron chi connectivity index (χ0n) is 12.6. The van der Waals surface area contributed by atoms with Crippen molar-refractivity contribution in [2.45, 2.75) is 20.0 Å². The first-order chi connectivity index (χ1) is 10.3. The molecule has 0 aliphatic rings. The molecule has 6 heteroatoms. The summed E-state index contributed by atoms with van der Waals surface area (Å²) in [6.07, 6.45) is 4.42. The number of rotatable bonds is 7. The maximum absolute atomic E-state index is 5.61. The molecule has 0 saturated carbocycles. The summed E-state index contributed by atoms with van der Waals surface area (Å²) in [6, 6.07) is 3.81. The molecule has 0 radical (unpaired) electrons. The molecule has 0 bridgehead atoms. The van der Waals surface area contributed by atoms with E-state index in [0.717, 1.165) is 29.2 Å². The van der Waals surface area contributed by atoms with Gasteiger partial charge in [0, 0.05) is 32.0 Å². The Bertz CT molecular complexity index is 590. The first-order valence-electron chi connectivity index (χ1n) is 6.89. The fraction of sp³-hybridized carbons (Fsp3) is 0.400. The third-order valence-corrected chi connectivity index (χ3v) is 2.78. The van der Waals surface area contributed by atoms with Gasteiger partial charge in [0.25, 0.3) is 0 Å². The summed E-state index contributed by atoms with van der Waals surface area (Å²) in [5.74, 6) is 2.11. The SMILES string of the molecule is CCCOc1cncc(-c2cc(NC)nc(COC)n2)c1. The molecule has 2 aromatic heterocycles. The molecule has 0 aliphatic heterocycles. The molecule has 0 unspecified atom stereocenters. The molecular weight excluding hydrogens is 268 g/mol. The van der Waals surface area contributed by atoms with Crippen LogP contribution in [0.5, 0.6) is 5.75 Å². The van der Waals surface area contributed by atoms with Crippen LogP contribution in [0.25, 0.3) is 11.3 Å². The number of nitrogens with one attached hydrogen (secondary N) is 1. The van der Waals surface area contributed by atoms with Crippen LogP contribution in [0.1, 0.15) is 19.2 Å². The zero-order chi connectivity index (χ0) is 15.1. The van der Waals surface area contributed by atoms with Crippen LogP contribution in [-0.4, -0.2) is 35.7 Å². The first kappa shape index (κ1) is 15.2. The van der Waals surface area contributed by atoms with E-state index in [1.54, 1.807) is 19.5 Å². The van der Waals surface area contributed by atoms with Gasteiger partial charge >= 0.3 is 0 Å². The van der Waals surface area contributed by atoms with Gasteiger partial charge in [0.1, 0.15) is 18.2 Å². The van der Waals surface area contributed by atoms with Gasteiger partial charge < -0.3 is 14.8 Å². The predicted octanol–water partition coefficient (Wildman–Crippen LogP) is 2.52. The highest BCUT2D eigenvalue weighted by atomic mass is 16.5. The summed E-state index contributed by atoms with van der Waals surface area (Å²) in [5.41, 5.74) is 1.68. The first-order valence-corrected chi connectivity index (χ1v) is 6.89. The Labute approximate surface area is 124 Å². The van der Waals surface area contributed by atoms with Crippen molar-refractivity contribution in [3.05, 3.63) is 30.4 Å². The van der Waals surface area contributed by atoms with Crippen LogP contribution in [-0.2, 0) is 11.3 Å². The van der Waals surface area contributed by atoms with Gasteiger partial charge in [-0.15, -0.1) is 0 Å². The van der Waals surface area contributed by atoms with Gasteiger partial charge in [-0.25, -0.2) is 9.97 Å². The molecule has 1 N–H and O–H groups in total. The van der Waals surface area contributed by atoms with Crippen molar-refractivity contribution in [2.75, 3.05) is 26.1 Å². The van der Waals surface area contributed by atoms with Crippen molar-refractivity contribution in [2.24, 2.45) is 0 Å². The van der Waals surface area contributed by atoms with Crippen molar-refractivity contribution in [3.8, 4) is 17.0 Å². The monoisotopic (exact) mass is 288 g/mol. The standard InChI is InChI=1S/C15H20N4O2/c1-4-5-21-12-6-11(8-17-9-12)13-7-14(16-2)19-15(18-13)10-20-3/h6-9H,4-5,10H2,1-3H3,(H,16,18,19). The number of nitrogens with zero attached hydrogens (tertiary/aromatic N) is 3. The molecule has 2 heterocycles. The van der Waals surface area contributed by atoms with E-state index in [2.05, 4.69) is 27.2 Å². The van der Waals surface area contributed by atoms with E-state index in [1.807, 2.05) is 19.2 Å². The highest BCUT2D eigenvalue weighted by Crippen LogP contribution is 2.23. The third-order valence-electron chi connectivity index (χ3n) is 2.78. The molecule has 0 spiro atoms. The van der Waals surface area contributed by atoms with Crippen LogP contribution in [0.2, 0.25) is 0 Å². The largest absolute Gasteiger partial charge is 0.492 e. The second kappa shape index (κ2) is 7.54. The Morgan fingerprint density at radius 2 is 2.05 bits per heavy atom. The average Bonchev–Trinajstić information content (AvgIpc) is 2.53. The van der Waals surface area contributed by atoms with Gasteiger partial charge in [-0.05, 0) is 12.5 Å². The quantitative estimate of drug-likeness (QED) is 0.844. The van der Waals surface area contributed by atoms with Crippen molar-refractivity contribution < 1.29 is 9.47 Å². The Kier molecular flexibility index (Phi) is 5.45. The maximum Gasteiger partial charge on any atom is 0.157 e. The smallest absolute Gasteiger partial charge is 0.157 e. The summed E-state index contributed by atoms with van der Waals surface area (Å²) in [5, 5.41) is 3.03. The lowest BCUT2D eigenvalue weighted by Gasteiger charge is -2.09. The van der Waals surface area contributed by atoms with E-state index in [9.17, 15) is 0 Å². The fourth-order valence-electron chi connectivity index (χ4n) is 1.82. The maximum atomic E-state index is 5.61. The predicted molar refractivity (Wildman–Crippen MR) is 81.3 cm³/mol. The third kappa shape index (κ3) is 4.13. The summed E-state index contributed by atoms with van der Waals surface area (Å²) in [7, 11) is 3.44. The van der Waals surface area contributed by atoms with E-state index in [0.29, 0.717) is 19.0 Å². The fourth-order valence-corrected chi connectivity index (χ4v) is 1.82. The second-order valence-corrected chi connectivity index (χ2v) is 4.50. The summed E-state index contributed by atoms with van der Waals surface area (Å²) in [4.78, 5) is 13.0. The van der Waals surface area contributed by atoms with Crippen LogP contribution in [0, 0.1) is 0 Å². The lowest BCUT2D eigenvalue weighted by atomic mass is 10.2. The lowest BCUT2D eigenvalue weighted by molar-refractivity contribution is 0.178. The summed E-state index contributed by atoms with van der Waals surface area (Å²) >= 11 is 0. The number of hydrogen-bond donors (Lipinski definition) is 1. The lowest BCUT2D eigenvalue weighted by Crippen LogP contribution is -2.03. The van der Waals surface area contributed by atoms with Crippen LogP contribution in [0.15, 0.2) is 24.5 Å². The normalized spacial score (nSPS) is 10.4. The van der Waals surface area contributed by atoms with Crippen LogP contribution >= 0.6 is 0 Å². The van der Waals surface area contributed by atoms with E-state index in [-0.39, 0.29) is 0 Å². The Morgan fingerprint density at radius 1 is 1.19 bits per heavy atom. The van der Waals surface area contributed by atoms with Gasteiger partial charge in [-0.1, -0.05) is 6.92 Å². The minimum absolute atomic E-state index is 0.363. The number of hydrogen-bond acceptors (Lipinski definition) is 6. The molecule has 112 valence electrons. The van der Waals surface area contributed by atoms with Gasteiger partial charge in [0.2, 0.25) is 0 Å². The van der Waals surface area contributed by atoms with E-state index in [4.69, 9.17) is 9.47 Å². The molecule has 0 aliphatic carbocycles. The molecule has 21 heavy (non-hydrogen) atoms. The Hall–Kier alpha value is -2.21. The van der Waals surface area contributed by atoms with Crippen molar-refractivity contribution in [1.29, 1.82) is 0 Å². The van der Waals surface area contributed by atoms with Crippen LogP contribution < -0.4 is 10.1 Å². The minimum Gasteiger partial charge on any atom is -0.492 e. The average molecular weight is 288 g/mol. The number of aromatic nitrogens is 3. The highest BCUT2D eigenvalue weighted by molar-refractivity contribution is 5.62. The van der Waals surface area contributed by atoms with Crippen molar-refractivity contribution in [3.63, 3.8) is 0 Å². The molecule has 0 amide bonds. The minimum atomic E-state index is 0.363. The molecule has 2 rings (SSSR count). The van der Waals surface area contributed by atoms with Crippen molar-refractivity contribution in [1.82, 2.24) is 15.0 Å². The van der Waals surface area contributed by atoms with Gasteiger partial charge in [0.15, 0.2) is 5.82 Å². The van der Waals surface area contributed by atoms with E-state index in [1.165, 1.54) is 0 Å². The molecule has 6 nitrogen and oxygen atoms in total. The van der Waals surface area contributed by atoms with E-state index < -0.39 is 0 Å². The number of ether oxygens (including phenoxy) is 2. The van der Waals surface area contributed by atoms with Gasteiger partial charge in [-0.3, -0.25) is 4.98 Å². The molecule has 0 aromatic carbocycles.